The second-order valence-corrected chi connectivity index (χ2v) is 9.84. The molecule has 1 N–H and O–H groups in total. The van der Waals surface area contributed by atoms with E-state index >= 15 is 0 Å². The van der Waals surface area contributed by atoms with Gasteiger partial charge < -0.3 is 4.90 Å². The van der Waals surface area contributed by atoms with E-state index in [0.29, 0.717) is 18.7 Å². The average Bonchev–Trinajstić information content (AvgIpc) is 3.12. The number of rotatable bonds is 4. The van der Waals surface area contributed by atoms with Gasteiger partial charge in [0.25, 0.3) is 11.5 Å². The van der Waals surface area contributed by atoms with Crippen molar-refractivity contribution in [1.29, 1.82) is 0 Å². The molecule has 0 radical (unpaired) electrons. The van der Waals surface area contributed by atoms with E-state index < -0.39 is 66.4 Å². The lowest BCUT2D eigenvalue weighted by atomic mass is 10.1. The van der Waals surface area contributed by atoms with Gasteiger partial charge in [-0.15, -0.1) is 12.4 Å². The van der Waals surface area contributed by atoms with Crippen LogP contribution in [-0.4, -0.2) is 53.7 Å². The summed E-state index contributed by atoms with van der Waals surface area (Å²) in [7, 11) is -1.72. The van der Waals surface area contributed by atoms with Gasteiger partial charge in [0.2, 0.25) is 10.0 Å². The van der Waals surface area contributed by atoms with Gasteiger partial charge in [-0.05, 0) is 32.1 Å². The van der Waals surface area contributed by atoms with Crippen molar-refractivity contribution in [2.45, 2.75) is 17.8 Å². The molecular formula is C18H18Cl2F4N4O5S. The molecular weight excluding hydrogens is 531 g/mol. The Balaban J connectivity index is 0.00000408. The Hall–Kier alpha value is -2.42. The Morgan fingerprint density at radius 1 is 1.18 bits per heavy atom. The van der Waals surface area contributed by atoms with Crippen LogP contribution in [0.1, 0.15) is 22.5 Å². The second kappa shape index (κ2) is 9.68. The molecule has 188 valence electrons. The van der Waals surface area contributed by atoms with Gasteiger partial charge in [0.1, 0.15) is 11.5 Å². The van der Waals surface area contributed by atoms with E-state index in [9.17, 15) is 40.4 Å². The average molecular weight is 549 g/mol. The number of sulfonamides is 1. The summed E-state index contributed by atoms with van der Waals surface area (Å²) in [5.41, 5.74) is -6.09. The zero-order valence-corrected chi connectivity index (χ0v) is 19.9. The topological polar surface area (TPSA) is 110 Å². The summed E-state index contributed by atoms with van der Waals surface area (Å²) in [6, 6.07) is 1.26. The molecule has 1 unspecified atom stereocenters. The van der Waals surface area contributed by atoms with E-state index in [1.165, 1.54) is 0 Å². The van der Waals surface area contributed by atoms with Crippen LogP contribution in [0, 0.1) is 5.82 Å². The zero-order valence-electron chi connectivity index (χ0n) is 17.5. The third-order valence-electron chi connectivity index (χ3n) is 5.15. The van der Waals surface area contributed by atoms with Gasteiger partial charge in [-0.2, -0.15) is 13.2 Å². The molecule has 2 aromatic rings. The molecule has 2 heterocycles. The number of carbonyl (C=O) groups excluding carboxylic acids is 1. The predicted molar refractivity (Wildman–Crippen MR) is 117 cm³/mol. The van der Waals surface area contributed by atoms with Crippen molar-refractivity contribution in [3.05, 3.63) is 61.1 Å². The van der Waals surface area contributed by atoms with Gasteiger partial charge in [0.05, 0.1) is 21.5 Å². The van der Waals surface area contributed by atoms with Crippen LogP contribution in [0.15, 0.2) is 27.8 Å². The monoisotopic (exact) mass is 548 g/mol. The summed E-state index contributed by atoms with van der Waals surface area (Å²) in [5, 5.41) is -1.43. The fourth-order valence-electron chi connectivity index (χ4n) is 3.42. The van der Waals surface area contributed by atoms with Crippen molar-refractivity contribution in [2.75, 3.05) is 20.1 Å². The maximum atomic E-state index is 14.6. The molecule has 3 rings (SSSR count). The van der Waals surface area contributed by atoms with Crippen LogP contribution in [0.2, 0.25) is 5.02 Å². The van der Waals surface area contributed by atoms with Crippen LogP contribution in [0.4, 0.5) is 17.6 Å². The normalized spacial score (nSPS) is 16.9. The van der Waals surface area contributed by atoms with E-state index in [2.05, 4.69) is 0 Å². The van der Waals surface area contributed by atoms with Crippen molar-refractivity contribution in [1.82, 2.24) is 18.8 Å². The van der Waals surface area contributed by atoms with Crippen LogP contribution >= 0.6 is 24.0 Å². The first kappa shape index (κ1) is 27.8. The first-order valence-electron chi connectivity index (χ1n) is 9.27. The Morgan fingerprint density at radius 3 is 2.32 bits per heavy atom. The van der Waals surface area contributed by atoms with E-state index in [4.69, 9.17) is 11.6 Å². The standard InChI is InChI=1S/C18H17ClF4N4O5S.ClH/c1-25-4-3-9(8-25)33(31,32)24-16(29)10-5-13(12(20)6-11(10)19)27-15(28)7-14(18(21,22)23)26(2)17(27)30;/h5-7,9H,3-4,8H2,1-2H3,(H,24,29);1H. The molecule has 0 bridgehead atoms. The van der Waals surface area contributed by atoms with Crippen molar-refractivity contribution < 1.29 is 30.8 Å². The molecule has 1 saturated heterocycles. The number of aromatic nitrogens is 2. The van der Waals surface area contributed by atoms with E-state index in [-0.39, 0.29) is 40.6 Å². The molecule has 1 amide bonds. The lowest BCUT2D eigenvalue weighted by Crippen LogP contribution is -2.41. The smallest absolute Gasteiger partial charge is 0.305 e. The van der Waals surface area contributed by atoms with E-state index in [0.717, 1.165) is 7.05 Å². The molecule has 1 fully saturated rings. The van der Waals surface area contributed by atoms with Crippen molar-refractivity contribution in [3.8, 4) is 5.69 Å². The number of hydrogen-bond acceptors (Lipinski definition) is 6. The number of hydrogen-bond donors (Lipinski definition) is 1. The first-order chi connectivity index (χ1) is 15.1. The summed E-state index contributed by atoms with van der Waals surface area (Å²) >= 11 is 5.87. The predicted octanol–water partition coefficient (Wildman–Crippen LogP) is 1.53. The second-order valence-electron chi connectivity index (χ2n) is 7.48. The van der Waals surface area contributed by atoms with Crippen LogP contribution in [0.3, 0.4) is 0 Å². The summed E-state index contributed by atoms with van der Waals surface area (Å²) < 4.78 is 80.7. The molecule has 34 heavy (non-hydrogen) atoms. The third kappa shape index (κ3) is 5.29. The number of nitrogens with one attached hydrogen (secondary N) is 1. The fraction of sp³-hybridized carbons (Fsp3) is 0.389. The fourth-order valence-corrected chi connectivity index (χ4v) is 5.06. The molecule has 16 heteroatoms. The van der Waals surface area contributed by atoms with Crippen molar-refractivity contribution >= 4 is 39.9 Å². The van der Waals surface area contributed by atoms with E-state index in [1.54, 1.807) is 11.9 Å². The Bertz CT molecular complexity index is 1360. The maximum absolute atomic E-state index is 14.6. The largest absolute Gasteiger partial charge is 0.431 e. The SMILES string of the molecule is CN1CCC(S(=O)(=O)NC(=O)c2cc(-n3c(=O)cc(C(F)(F)F)n(C)c3=O)c(F)cc2Cl)C1.Cl. The molecule has 1 aromatic carbocycles. The van der Waals surface area contributed by atoms with Gasteiger partial charge in [-0.25, -0.2) is 26.9 Å². The summed E-state index contributed by atoms with van der Waals surface area (Å²) in [6.45, 7) is 0.656. The zero-order chi connectivity index (χ0) is 24.9. The number of nitrogens with zero attached hydrogens (tertiary/aromatic N) is 3. The van der Waals surface area contributed by atoms with Gasteiger partial charge in [-0.1, -0.05) is 11.6 Å². The quantitative estimate of drug-likeness (QED) is 0.580. The van der Waals surface area contributed by atoms with Gasteiger partial charge in [-0.3, -0.25) is 14.2 Å². The van der Waals surface area contributed by atoms with Crippen molar-refractivity contribution in [3.63, 3.8) is 0 Å². The Kier molecular flexibility index (Phi) is 7.92. The molecule has 1 aromatic heterocycles. The number of alkyl halides is 3. The summed E-state index contributed by atoms with van der Waals surface area (Å²) in [6.07, 6.45) is -4.77. The number of carbonyl (C=O) groups is 1. The highest BCUT2D eigenvalue weighted by Gasteiger charge is 2.36. The minimum atomic E-state index is -5.03. The van der Waals surface area contributed by atoms with Gasteiger partial charge in [0, 0.05) is 19.7 Å². The molecule has 1 atom stereocenters. The molecule has 1 aliphatic rings. The number of amides is 1. The molecule has 0 spiro atoms. The lowest BCUT2D eigenvalue weighted by molar-refractivity contribution is -0.144. The maximum Gasteiger partial charge on any atom is 0.431 e. The Morgan fingerprint density at radius 2 is 1.79 bits per heavy atom. The minimum Gasteiger partial charge on any atom is -0.305 e. The summed E-state index contributed by atoms with van der Waals surface area (Å²) in [5.74, 6) is -2.55. The van der Waals surface area contributed by atoms with Crippen LogP contribution in [0.25, 0.3) is 5.69 Å². The van der Waals surface area contributed by atoms with Crippen molar-refractivity contribution in [2.24, 2.45) is 7.05 Å². The molecule has 0 saturated carbocycles. The molecule has 9 nitrogen and oxygen atoms in total. The third-order valence-corrected chi connectivity index (χ3v) is 7.20. The van der Waals surface area contributed by atoms with Gasteiger partial charge in [0.15, 0.2) is 0 Å². The Labute approximate surface area is 201 Å². The highest BCUT2D eigenvalue weighted by molar-refractivity contribution is 7.90. The number of halogens is 6. The van der Waals surface area contributed by atoms with Crippen LogP contribution in [-0.2, 0) is 23.2 Å². The molecule has 1 aliphatic heterocycles. The summed E-state index contributed by atoms with van der Waals surface area (Å²) in [4.78, 5) is 39.0. The minimum absolute atomic E-state index is 0. The lowest BCUT2D eigenvalue weighted by Gasteiger charge is -2.16. The number of likely N-dealkylation sites (tertiary alicyclic amines) is 1. The van der Waals surface area contributed by atoms with Crippen LogP contribution < -0.4 is 16.0 Å². The van der Waals surface area contributed by atoms with Gasteiger partial charge >= 0.3 is 11.9 Å². The first-order valence-corrected chi connectivity index (χ1v) is 11.2. The van der Waals surface area contributed by atoms with Crippen LogP contribution in [0.5, 0.6) is 0 Å². The highest BCUT2D eigenvalue weighted by Crippen LogP contribution is 2.28. The highest BCUT2D eigenvalue weighted by atomic mass is 35.5. The van der Waals surface area contributed by atoms with E-state index in [1.807, 2.05) is 4.72 Å². The number of benzene rings is 1. The molecule has 0 aliphatic carbocycles.